The number of carbonyl (C=O) groups is 1. The number of carbonyl (C=O) groups excluding carboxylic acids is 1. The van der Waals surface area contributed by atoms with Crippen LogP contribution in [0.5, 0.6) is 5.75 Å². The molecule has 1 aromatic carbocycles. The van der Waals surface area contributed by atoms with Gasteiger partial charge in [0.05, 0.1) is 13.2 Å². The monoisotopic (exact) mass is 435 g/mol. The van der Waals surface area contributed by atoms with Gasteiger partial charge < -0.3 is 15.0 Å². The van der Waals surface area contributed by atoms with E-state index in [0.717, 1.165) is 17.9 Å². The van der Waals surface area contributed by atoms with Crippen LogP contribution in [0, 0.1) is 0 Å². The third-order valence-corrected chi connectivity index (χ3v) is 4.73. The van der Waals surface area contributed by atoms with E-state index in [-0.39, 0.29) is 36.8 Å². The molecule has 1 aliphatic heterocycles. The number of halogens is 2. The summed E-state index contributed by atoms with van der Waals surface area (Å²) in [6.45, 7) is 2.07. The van der Waals surface area contributed by atoms with Crippen molar-refractivity contribution in [3.8, 4) is 11.6 Å². The topological polar surface area (TPSA) is 72.3 Å². The predicted molar refractivity (Wildman–Crippen MR) is 115 cm³/mol. The van der Waals surface area contributed by atoms with Crippen molar-refractivity contribution < 1.29 is 9.53 Å². The zero-order chi connectivity index (χ0) is 18.6. The minimum Gasteiger partial charge on any atom is -0.496 e. The fourth-order valence-electron chi connectivity index (χ4n) is 3.41. The molecule has 1 N–H and O–H groups in total. The van der Waals surface area contributed by atoms with Gasteiger partial charge in [0, 0.05) is 49.4 Å². The summed E-state index contributed by atoms with van der Waals surface area (Å²) in [6, 6.07) is 13.1. The molecule has 1 amide bonds. The van der Waals surface area contributed by atoms with Crippen molar-refractivity contribution in [1.82, 2.24) is 25.0 Å². The van der Waals surface area contributed by atoms with Gasteiger partial charge >= 0.3 is 0 Å². The number of methoxy groups -OCH3 is 1. The summed E-state index contributed by atoms with van der Waals surface area (Å²) in [5.74, 6) is 1.38. The van der Waals surface area contributed by atoms with E-state index in [0.29, 0.717) is 24.5 Å². The van der Waals surface area contributed by atoms with E-state index in [1.165, 1.54) is 0 Å². The molecule has 1 fully saturated rings. The maximum Gasteiger partial charge on any atom is 0.254 e. The van der Waals surface area contributed by atoms with Crippen LogP contribution in [0.2, 0.25) is 0 Å². The molecule has 0 saturated carbocycles. The summed E-state index contributed by atoms with van der Waals surface area (Å²) in [5.41, 5.74) is 1.60. The molecule has 0 aliphatic carbocycles. The van der Waals surface area contributed by atoms with Gasteiger partial charge in [-0.2, -0.15) is 5.10 Å². The van der Waals surface area contributed by atoms with Crippen LogP contribution in [-0.4, -0.2) is 52.3 Å². The van der Waals surface area contributed by atoms with Gasteiger partial charge in [-0.25, -0.2) is 9.67 Å². The first-order valence-corrected chi connectivity index (χ1v) is 8.88. The first kappa shape index (κ1) is 22.7. The van der Waals surface area contributed by atoms with Gasteiger partial charge in [-0.05, 0) is 24.3 Å². The number of piperazine rings is 1. The number of pyridine rings is 1. The van der Waals surface area contributed by atoms with Gasteiger partial charge in [0.25, 0.3) is 5.91 Å². The van der Waals surface area contributed by atoms with E-state index in [9.17, 15) is 4.79 Å². The Morgan fingerprint density at radius 1 is 1.17 bits per heavy atom. The fraction of sp³-hybridized carbons (Fsp3) is 0.250. The zero-order valence-corrected chi connectivity index (χ0v) is 17.5. The van der Waals surface area contributed by atoms with Crippen LogP contribution in [0.3, 0.4) is 0 Å². The van der Waals surface area contributed by atoms with E-state index in [2.05, 4.69) is 15.4 Å². The molecule has 1 unspecified atom stereocenters. The van der Waals surface area contributed by atoms with Gasteiger partial charge in [-0.3, -0.25) is 4.79 Å². The number of rotatable bonds is 4. The quantitative estimate of drug-likeness (QED) is 0.681. The van der Waals surface area contributed by atoms with Crippen molar-refractivity contribution >= 4 is 30.7 Å². The Bertz CT molecular complexity index is 936. The molecule has 1 atom stereocenters. The van der Waals surface area contributed by atoms with Crippen molar-refractivity contribution in [2.75, 3.05) is 26.7 Å². The normalized spacial score (nSPS) is 15.8. The Morgan fingerprint density at radius 2 is 2.00 bits per heavy atom. The largest absolute Gasteiger partial charge is 0.496 e. The molecular weight excluding hydrogens is 413 g/mol. The predicted octanol–water partition coefficient (Wildman–Crippen LogP) is 2.91. The van der Waals surface area contributed by atoms with E-state index >= 15 is 0 Å². The molecule has 29 heavy (non-hydrogen) atoms. The van der Waals surface area contributed by atoms with Gasteiger partial charge in [0.2, 0.25) is 0 Å². The zero-order valence-electron chi connectivity index (χ0n) is 15.9. The second-order valence-corrected chi connectivity index (χ2v) is 6.31. The van der Waals surface area contributed by atoms with Crippen LogP contribution >= 0.6 is 24.8 Å². The average molecular weight is 436 g/mol. The third-order valence-electron chi connectivity index (χ3n) is 4.73. The fourth-order valence-corrected chi connectivity index (χ4v) is 3.41. The first-order chi connectivity index (χ1) is 13.3. The lowest BCUT2D eigenvalue weighted by Crippen LogP contribution is -2.48. The molecule has 4 rings (SSSR count). The van der Waals surface area contributed by atoms with Crippen molar-refractivity contribution in [3.05, 3.63) is 72.2 Å². The van der Waals surface area contributed by atoms with Gasteiger partial charge in [0.1, 0.15) is 5.75 Å². The number of benzene rings is 1. The maximum atomic E-state index is 13.3. The highest BCUT2D eigenvalue weighted by Gasteiger charge is 2.30. The van der Waals surface area contributed by atoms with E-state index in [1.54, 1.807) is 42.5 Å². The van der Waals surface area contributed by atoms with E-state index < -0.39 is 0 Å². The molecule has 7 nitrogen and oxygen atoms in total. The standard InChI is InChI=1S/C20H21N5O2.2ClH/c1-27-18-6-3-2-5-16(18)17-14-21-10-12-24(17)20(26)15-7-9-22-19(13-15)25-11-4-8-23-25;;/h2-9,11,13,17,21H,10,12,14H2,1H3;2*1H. The second-order valence-electron chi connectivity index (χ2n) is 6.31. The van der Waals surface area contributed by atoms with Crippen molar-refractivity contribution in [1.29, 1.82) is 0 Å². The molecular formula is C20H23Cl2N5O2. The van der Waals surface area contributed by atoms with Crippen LogP contribution < -0.4 is 10.1 Å². The number of hydrogen-bond acceptors (Lipinski definition) is 5. The molecule has 3 heterocycles. The molecule has 0 spiro atoms. The highest BCUT2D eigenvalue weighted by molar-refractivity contribution is 5.95. The minimum atomic E-state index is -0.0938. The second kappa shape index (κ2) is 10.2. The smallest absolute Gasteiger partial charge is 0.254 e. The van der Waals surface area contributed by atoms with Gasteiger partial charge in [-0.15, -0.1) is 24.8 Å². The van der Waals surface area contributed by atoms with Gasteiger partial charge in [0.15, 0.2) is 5.82 Å². The summed E-state index contributed by atoms with van der Waals surface area (Å²) < 4.78 is 7.16. The molecule has 0 bridgehead atoms. The van der Waals surface area contributed by atoms with Crippen LogP contribution in [0.1, 0.15) is 22.0 Å². The maximum absolute atomic E-state index is 13.3. The molecule has 1 saturated heterocycles. The van der Waals surface area contributed by atoms with E-state index in [1.807, 2.05) is 35.2 Å². The Balaban J connectivity index is 0.00000150. The number of para-hydroxylation sites is 1. The van der Waals surface area contributed by atoms with E-state index in [4.69, 9.17) is 4.74 Å². The summed E-state index contributed by atoms with van der Waals surface area (Å²) in [7, 11) is 1.65. The highest BCUT2D eigenvalue weighted by atomic mass is 35.5. The molecule has 9 heteroatoms. The summed E-state index contributed by atoms with van der Waals surface area (Å²) in [4.78, 5) is 19.5. The Kier molecular flexibility index (Phi) is 8.01. The average Bonchev–Trinajstić information content (AvgIpc) is 3.28. The van der Waals surface area contributed by atoms with Crippen LogP contribution in [0.4, 0.5) is 0 Å². The van der Waals surface area contributed by atoms with Crippen LogP contribution in [0.15, 0.2) is 61.1 Å². The third kappa shape index (κ3) is 4.70. The first-order valence-electron chi connectivity index (χ1n) is 8.88. The Morgan fingerprint density at radius 3 is 2.76 bits per heavy atom. The minimum absolute atomic E-state index is 0. The summed E-state index contributed by atoms with van der Waals surface area (Å²) >= 11 is 0. The van der Waals surface area contributed by atoms with Crippen LogP contribution in [-0.2, 0) is 0 Å². The molecule has 3 aromatic rings. The van der Waals surface area contributed by atoms with Gasteiger partial charge in [-0.1, -0.05) is 18.2 Å². The number of nitrogens with zero attached hydrogens (tertiary/aromatic N) is 4. The van der Waals surface area contributed by atoms with Crippen LogP contribution in [0.25, 0.3) is 5.82 Å². The molecule has 2 aromatic heterocycles. The highest BCUT2D eigenvalue weighted by Crippen LogP contribution is 2.31. The molecule has 154 valence electrons. The number of hydrogen-bond donors (Lipinski definition) is 1. The SMILES string of the molecule is COc1ccccc1C1CNCCN1C(=O)c1ccnc(-n2cccn2)c1.Cl.Cl. The van der Waals surface area contributed by atoms with Crippen molar-refractivity contribution in [3.63, 3.8) is 0 Å². The lowest BCUT2D eigenvalue weighted by Gasteiger charge is -2.37. The lowest BCUT2D eigenvalue weighted by atomic mass is 10.0. The summed E-state index contributed by atoms with van der Waals surface area (Å²) in [5, 5.41) is 7.57. The molecule has 1 aliphatic rings. The lowest BCUT2D eigenvalue weighted by molar-refractivity contribution is 0.0631. The Hall–Kier alpha value is -2.61. The number of aromatic nitrogens is 3. The van der Waals surface area contributed by atoms with Crippen molar-refractivity contribution in [2.45, 2.75) is 6.04 Å². The number of amides is 1. The number of ether oxygens (including phenoxy) is 1. The Labute approximate surface area is 181 Å². The number of nitrogens with one attached hydrogen (secondary N) is 1. The summed E-state index contributed by atoms with van der Waals surface area (Å²) in [6.07, 6.45) is 5.13. The molecule has 0 radical (unpaired) electrons. The van der Waals surface area contributed by atoms with Crippen molar-refractivity contribution in [2.24, 2.45) is 0 Å².